The fourth-order valence-electron chi connectivity index (χ4n) is 1.95. The van der Waals surface area contributed by atoms with Gasteiger partial charge >= 0.3 is 0 Å². The molecule has 0 unspecified atom stereocenters. The zero-order valence-corrected chi connectivity index (χ0v) is 14.1. The first kappa shape index (κ1) is 14.5. The summed E-state index contributed by atoms with van der Waals surface area (Å²) in [6.07, 6.45) is 0. The summed E-state index contributed by atoms with van der Waals surface area (Å²) in [7, 11) is 0. The molecule has 2 heterocycles. The van der Waals surface area contributed by atoms with Crippen molar-refractivity contribution in [3.8, 4) is 11.4 Å². The monoisotopic (exact) mass is 340 g/mol. The Balaban J connectivity index is 2.70. The molecule has 0 bridgehead atoms. The summed E-state index contributed by atoms with van der Waals surface area (Å²) in [5, 5.41) is 0. The first-order chi connectivity index (χ1) is 8.70. The number of thiophene rings is 1. The Morgan fingerprint density at radius 2 is 1.95 bits per heavy atom. The van der Waals surface area contributed by atoms with Gasteiger partial charge in [0.2, 0.25) is 0 Å². The van der Waals surface area contributed by atoms with Crippen LogP contribution in [0.5, 0.6) is 0 Å². The lowest BCUT2D eigenvalue weighted by Gasteiger charge is -2.19. The number of hydrogen-bond donors (Lipinski definition) is 1. The normalized spacial score (nSPS) is 11.9. The SMILES string of the molecule is Cc1cc(-c2nc(C(C)(C)C)c(Br)c(=O)[nH]2)c(C)s1. The average molecular weight is 341 g/mol. The molecule has 3 nitrogen and oxygen atoms in total. The van der Waals surface area contributed by atoms with Crippen LogP contribution in [-0.2, 0) is 5.41 Å². The molecule has 5 heteroatoms. The Bertz CT molecular complexity index is 680. The second kappa shape index (κ2) is 4.87. The van der Waals surface area contributed by atoms with Gasteiger partial charge in [-0.1, -0.05) is 20.8 Å². The summed E-state index contributed by atoms with van der Waals surface area (Å²) < 4.78 is 0.522. The second-order valence-electron chi connectivity index (χ2n) is 5.65. The van der Waals surface area contributed by atoms with E-state index in [-0.39, 0.29) is 11.0 Å². The zero-order chi connectivity index (χ0) is 14.4. The molecule has 2 rings (SSSR count). The van der Waals surface area contributed by atoms with Crippen molar-refractivity contribution in [2.75, 3.05) is 0 Å². The number of nitrogens with zero attached hydrogens (tertiary/aromatic N) is 1. The number of aromatic nitrogens is 2. The van der Waals surface area contributed by atoms with Crippen molar-refractivity contribution in [3.63, 3.8) is 0 Å². The fourth-order valence-corrected chi connectivity index (χ4v) is 3.66. The maximum absolute atomic E-state index is 12.1. The highest BCUT2D eigenvalue weighted by molar-refractivity contribution is 9.10. The summed E-state index contributed by atoms with van der Waals surface area (Å²) in [5.41, 5.74) is 1.49. The maximum atomic E-state index is 12.1. The van der Waals surface area contributed by atoms with E-state index in [1.165, 1.54) is 9.75 Å². The predicted molar refractivity (Wildman–Crippen MR) is 84.0 cm³/mol. The van der Waals surface area contributed by atoms with Gasteiger partial charge in [0.05, 0.1) is 5.69 Å². The van der Waals surface area contributed by atoms with Gasteiger partial charge in [-0.3, -0.25) is 4.79 Å². The van der Waals surface area contributed by atoms with Crippen molar-refractivity contribution in [2.45, 2.75) is 40.0 Å². The Morgan fingerprint density at radius 3 is 2.42 bits per heavy atom. The topological polar surface area (TPSA) is 45.8 Å². The fraction of sp³-hybridized carbons (Fsp3) is 0.429. The summed E-state index contributed by atoms with van der Waals surface area (Å²) in [5.74, 6) is 0.653. The van der Waals surface area contributed by atoms with Crippen LogP contribution in [0.3, 0.4) is 0 Å². The highest BCUT2D eigenvalue weighted by atomic mass is 79.9. The van der Waals surface area contributed by atoms with Crippen molar-refractivity contribution in [1.29, 1.82) is 0 Å². The third kappa shape index (κ3) is 2.82. The van der Waals surface area contributed by atoms with Crippen molar-refractivity contribution in [2.24, 2.45) is 0 Å². The number of aryl methyl sites for hydroxylation is 2. The second-order valence-corrected chi connectivity index (χ2v) is 7.91. The van der Waals surface area contributed by atoms with Gasteiger partial charge in [-0.15, -0.1) is 11.3 Å². The molecular formula is C14H17BrN2OS. The quantitative estimate of drug-likeness (QED) is 0.846. The number of aromatic amines is 1. The van der Waals surface area contributed by atoms with Gasteiger partial charge < -0.3 is 4.98 Å². The minimum absolute atomic E-state index is 0.127. The number of rotatable bonds is 1. The van der Waals surface area contributed by atoms with E-state index < -0.39 is 0 Å². The highest BCUT2D eigenvalue weighted by Gasteiger charge is 2.23. The standard InChI is InChI=1S/C14H17BrN2OS/c1-7-6-9(8(2)19-7)12-16-11(14(3,4)5)10(15)13(18)17-12/h6H,1-5H3,(H,16,17,18). The summed E-state index contributed by atoms with van der Waals surface area (Å²) in [6, 6.07) is 2.07. The molecular weight excluding hydrogens is 324 g/mol. The van der Waals surface area contributed by atoms with Crippen LogP contribution in [0.2, 0.25) is 0 Å². The van der Waals surface area contributed by atoms with E-state index in [4.69, 9.17) is 0 Å². The third-order valence-corrected chi connectivity index (χ3v) is 4.57. The number of H-pyrrole nitrogens is 1. The van der Waals surface area contributed by atoms with Crippen molar-refractivity contribution >= 4 is 27.3 Å². The highest BCUT2D eigenvalue weighted by Crippen LogP contribution is 2.31. The summed E-state index contributed by atoms with van der Waals surface area (Å²) in [4.78, 5) is 22.0. The molecule has 102 valence electrons. The first-order valence-electron chi connectivity index (χ1n) is 6.08. The Labute approximate surface area is 125 Å². The lowest BCUT2D eigenvalue weighted by molar-refractivity contribution is 0.562. The first-order valence-corrected chi connectivity index (χ1v) is 7.69. The molecule has 0 aromatic carbocycles. The van der Waals surface area contributed by atoms with Gasteiger partial charge in [0.1, 0.15) is 10.3 Å². The summed E-state index contributed by atoms with van der Waals surface area (Å²) >= 11 is 5.06. The lowest BCUT2D eigenvalue weighted by atomic mass is 9.92. The molecule has 0 aliphatic rings. The molecule has 0 fully saturated rings. The molecule has 0 amide bonds. The van der Waals surface area contributed by atoms with E-state index in [0.29, 0.717) is 10.3 Å². The minimum Gasteiger partial charge on any atom is -0.306 e. The Kier molecular flexibility index (Phi) is 3.71. The molecule has 2 aromatic heterocycles. The smallest absolute Gasteiger partial charge is 0.265 e. The van der Waals surface area contributed by atoms with Crippen LogP contribution < -0.4 is 5.56 Å². The van der Waals surface area contributed by atoms with E-state index in [2.05, 4.69) is 59.7 Å². The van der Waals surface area contributed by atoms with Gasteiger partial charge in [-0.2, -0.15) is 0 Å². The molecule has 2 aromatic rings. The molecule has 1 N–H and O–H groups in total. The maximum Gasteiger partial charge on any atom is 0.265 e. The van der Waals surface area contributed by atoms with Crippen molar-refractivity contribution in [3.05, 3.63) is 36.3 Å². The minimum atomic E-state index is -0.180. The number of halogens is 1. The number of hydrogen-bond acceptors (Lipinski definition) is 3. The van der Waals surface area contributed by atoms with E-state index in [0.717, 1.165) is 11.3 Å². The van der Waals surface area contributed by atoms with Crippen molar-refractivity contribution < 1.29 is 0 Å². The van der Waals surface area contributed by atoms with E-state index in [9.17, 15) is 4.79 Å². The Hall–Kier alpha value is -0.940. The van der Waals surface area contributed by atoms with Crippen LogP contribution in [0.15, 0.2) is 15.3 Å². The van der Waals surface area contributed by atoms with E-state index in [1.807, 2.05) is 6.92 Å². The van der Waals surface area contributed by atoms with Crippen LogP contribution >= 0.6 is 27.3 Å². The molecule has 0 spiro atoms. The molecule has 19 heavy (non-hydrogen) atoms. The van der Waals surface area contributed by atoms with Crippen molar-refractivity contribution in [1.82, 2.24) is 9.97 Å². The van der Waals surface area contributed by atoms with Crippen LogP contribution in [0.1, 0.15) is 36.2 Å². The molecule has 0 radical (unpaired) electrons. The Morgan fingerprint density at radius 1 is 1.32 bits per heavy atom. The molecule has 0 saturated carbocycles. The lowest BCUT2D eigenvalue weighted by Crippen LogP contribution is -2.22. The van der Waals surface area contributed by atoms with Gasteiger partial charge in [0, 0.05) is 20.7 Å². The predicted octanol–water partition coefficient (Wildman–Crippen LogP) is 4.18. The van der Waals surface area contributed by atoms with Crippen LogP contribution in [0, 0.1) is 13.8 Å². The van der Waals surface area contributed by atoms with Crippen LogP contribution in [-0.4, -0.2) is 9.97 Å². The zero-order valence-electron chi connectivity index (χ0n) is 11.7. The molecule has 0 saturated heterocycles. The molecule has 0 aliphatic heterocycles. The van der Waals surface area contributed by atoms with Crippen LogP contribution in [0.4, 0.5) is 0 Å². The van der Waals surface area contributed by atoms with E-state index >= 15 is 0 Å². The average Bonchev–Trinajstić information content (AvgIpc) is 2.60. The largest absolute Gasteiger partial charge is 0.306 e. The van der Waals surface area contributed by atoms with Crippen LogP contribution in [0.25, 0.3) is 11.4 Å². The number of nitrogens with one attached hydrogen (secondary N) is 1. The molecule has 0 aliphatic carbocycles. The van der Waals surface area contributed by atoms with E-state index in [1.54, 1.807) is 11.3 Å². The van der Waals surface area contributed by atoms with Gasteiger partial charge in [-0.05, 0) is 35.8 Å². The van der Waals surface area contributed by atoms with Gasteiger partial charge in [-0.25, -0.2) is 4.98 Å². The molecule has 0 atom stereocenters. The summed E-state index contributed by atoms with van der Waals surface area (Å²) in [6.45, 7) is 10.3. The third-order valence-electron chi connectivity index (χ3n) is 2.87. The van der Waals surface area contributed by atoms with Gasteiger partial charge in [0.25, 0.3) is 5.56 Å². The van der Waals surface area contributed by atoms with Gasteiger partial charge in [0.15, 0.2) is 0 Å².